The van der Waals surface area contributed by atoms with Gasteiger partial charge in [-0.1, -0.05) is 6.07 Å². The number of nitrogens with zero attached hydrogens (tertiary/aromatic N) is 3. The largest absolute Gasteiger partial charge is 0.478 e. The van der Waals surface area contributed by atoms with Crippen molar-refractivity contribution in [2.75, 3.05) is 38.2 Å². The van der Waals surface area contributed by atoms with Gasteiger partial charge in [-0.3, -0.25) is 4.57 Å². The van der Waals surface area contributed by atoms with E-state index in [4.69, 9.17) is 9.72 Å². The highest BCUT2D eigenvalue weighted by Crippen LogP contribution is 2.29. The molecular weight excluding hydrogens is 356 g/mol. The molecule has 146 valence electrons. The van der Waals surface area contributed by atoms with Gasteiger partial charge in [0.15, 0.2) is 0 Å². The molecular formula is C21H24N4O3. The van der Waals surface area contributed by atoms with Crippen LogP contribution in [0.4, 0.5) is 5.69 Å². The number of benzene rings is 2. The van der Waals surface area contributed by atoms with E-state index in [1.54, 1.807) is 19.2 Å². The van der Waals surface area contributed by atoms with Crippen LogP contribution in [-0.4, -0.2) is 53.9 Å². The van der Waals surface area contributed by atoms with E-state index < -0.39 is 5.97 Å². The first-order chi connectivity index (χ1) is 13.6. The molecule has 0 bridgehead atoms. The Kier molecular flexibility index (Phi) is 5.02. The zero-order chi connectivity index (χ0) is 19.7. The van der Waals surface area contributed by atoms with Gasteiger partial charge in [0, 0.05) is 44.7 Å². The minimum absolute atomic E-state index is 0.225. The highest BCUT2D eigenvalue weighted by molar-refractivity contribution is 5.93. The van der Waals surface area contributed by atoms with Gasteiger partial charge in [0.25, 0.3) is 0 Å². The van der Waals surface area contributed by atoms with Crippen LogP contribution < -0.4 is 10.2 Å². The minimum Gasteiger partial charge on any atom is -0.478 e. The molecule has 2 N–H and O–H groups in total. The topological polar surface area (TPSA) is 79.6 Å². The molecule has 1 aromatic heterocycles. The number of aromatic nitrogens is 2. The molecule has 0 amide bonds. The predicted molar refractivity (Wildman–Crippen MR) is 109 cm³/mol. The van der Waals surface area contributed by atoms with Crippen molar-refractivity contribution in [1.82, 2.24) is 14.9 Å². The summed E-state index contributed by atoms with van der Waals surface area (Å²) in [6, 6.07) is 13.4. The van der Waals surface area contributed by atoms with Crippen LogP contribution in [0.25, 0.3) is 16.7 Å². The Morgan fingerprint density at radius 3 is 2.64 bits per heavy atom. The Morgan fingerprint density at radius 1 is 1.18 bits per heavy atom. The Balaban J connectivity index is 1.85. The van der Waals surface area contributed by atoms with Crippen molar-refractivity contribution >= 4 is 22.7 Å². The smallest absolute Gasteiger partial charge is 0.335 e. The van der Waals surface area contributed by atoms with E-state index in [2.05, 4.69) is 26.9 Å². The first kappa shape index (κ1) is 18.5. The van der Waals surface area contributed by atoms with E-state index >= 15 is 0 Å². The number of fused-ring (bicyclic) bond motifs is 1. The van der Waals surface area contributed by atoms with Gasteiger partial charge in [0.1, 0.15) is 11.9 Å². The number of carbonyl (C=O) groups is 1. The number of hydrogen-bond acceptors (Lipinski definition) is 5. The molecule has 1 aliphatic heterocycles. The molecule has 28 heavy (non-hydrogen) atoms. The van der Waals surface area contributed by atoms with Crippen molar-refractivity contribution in [1.29, 1.82) is 0 Å². The molecule has 0 aliphatic carbocycles. The first-order valence-electron chi connectivity index (χ1n) is 9.43. The minimum atomic E-state index is -0.960. The van der Waals surface area contributed by atoms with Gasteiger partial charge < -0.3 is 20.1 Å². The van der Waals surface area contributed by atoms with Crippen molar-refractivity contribution in [3.05, 3.63) is 53.9 Å². The van der Waals surface area contributed by atoms with E-state index in [9.17, 15) is 9.90 Å². The molecule has 0 radical (unpaired) electrons. The van der Waals surface area contributed by atoms with Crippen LogP contribution in [0.1, 0.15) is 29.2 Å². The Hall–Kier alpha value is -2.90. The van der Waals surface area contributed by atoms with Crippen LogP contribution in [0.15, 0.2) is 42.5 Å². The summed E-state index contributed by atoms with van der Waals surface area (Å²) in [5.41, 5.74) is 3.88. The van der Waals surface area contributed by atoms with Gasteiger partial charge in [-0.05, 0) is 43.3 Å². The number of rotatable bonds is 5. The second kappa shape index (κ2) is 7.61. The van der Waals surface area contributed by atoms with Gasteiger partial charge in [0.05, 0.1) is 16.6 Å². The lowest BCUT2D eigenvalue weighted by Crippen LogP contribution is -2.43. The standard InChI is InChI=1S/C21H24N4O3/c1-14(28-2)20-23-18-12-15(21(26)27)6-7-19(18)25(20)17-5-3-4-16(13-17)24-10-8-22-9-11-24/h3-7,12-14,22H,8-11H2,1-2H3,(H,26,27). The maximum absolute atomic E-state index is 11.3. The lowest BCUT2D eigenvalue weighted by Gasteiger charge is -2.30. The van der Waals surface area contributed by atoms with Gasteiger partial charge in [-0.2, -0.15) is 0 Å². The maximum atomic E-state index is 11.3. The summed E-state index contributed by atoms with van der Waals surface area (Å²) in [5.74, 6) is -0.212. The van der Waals surface area contributed by atoms with Gasteiger partial charge in [0.2, 0.25) is 0 Å². The van der Waals surface area contributed by atoms with Crippen LogP contribution in [0.3, 0.4) is 0 Å². The molecule has 7 nitrogen and oxygen atoms in total. The fourth-order valence-corrected chi connectivity index (χ4v) is 3.63. The SMILES string of the molecule is COC(C)c1nc2cc(C(=O)O)ccc2n1-c1cccc(N2CCNCC2)c1. The van der Waals surface area contributed by atoms with Crippen LogP contribution in [-0.2, 0) is 4.74 Å². The third-order valence-corrected chi connectivity index (χ3v) is 5.21. The molecule has 1 atom stereocenters. The number of carboxylic acid groups (broad SMARTS) is 1. The molecule has 7 heteroatoms. The lowest BCUT2D eigenvalue weighted by molar-refractivity contribution is 0.0697. The van der Waals surface area contributed by atoms with Gasteiger partial charge in [-0.15, -0.1) is 0 Å². The summed E-state index contributed by atoms with van der Waals surface area (Å²) in [6.07, 6.45) is -0.233. The fraction of sp³-hybridized carbons (Fsp3) is 0.333. The van der Waals surface area contributed by atoms with Crippen molar-refractivity contribution in [2.24, 2.45) is 0 Å². The maximum Gasteiger partial charge on any atom is 0.335 e. The van der Waals surface area contributed by atoms with Crippen molar-refractivity contribution < 1.29 is 14.6 Å². The molecule has 1 saturated heterocycles. The number of aromatic carboxylic acids is 1. The van der Waals surface area contributed by atoms with Crippen LogP contribution >= 0.6 is 0 Å². The average Bonchev–Trinajstić information content (AvgIpc) is 3.12. The normalized spacial score (nSPS) is 15.7. The molecule has 0 spiro atoms. The summed E-state index contributed by atoms with van der Waals surface area (Å²) in [4.78, 5) is 18.4. The van der Waals surface area contributed by atoms with E-state index in [-0.39, 0.29) is 11.7 Å². The second-order valence-electron chi connectivity index (χ2n) is 6.95. The molecule has 4 rings (SSSR count). The number of hydrogen-bond donors (Lipinski definition) is 2. The Labute approximate surface area is 163 Å². The number of methoxy groups -OCH3 is 1. The number of imidazole rings is 1. The lowest BCUT2D eigenvalue weighted by atomic mass is 10.2. The van der Waals surface area contributed by atoms with Crippen molar-refractivity contribution in [3.8, 4) is 5.69 Å². The second-order valence-corrected chi connectivity index (χ2v) is 6.95. The number of ether oxygens (including phenoxy) is 1. The van der Waals surface area contributed by atoms with Crippen LogP contribution in [0.2, 0.25) is 0 Å². The highest BCUT2D eigenvalue weighted by Gasteiger charge is 2.20. The number of anilines is 1. The Bertz CT molecular complexity index is 1010. The third-order valence-electron chi connectivity index (χ3n) is 5.21. The van der Waals surface area contributed by atoms with E-state index in [1.807, 2.05) is 25.1 Å². The van der Waals surface area contributed by atoms with E-state index in [0.717, 1.165) is 43.2 Å². The monoisotopic (exact) mass is 380 g/mol. The predicted octanol–water partition coefficient (Wildman–Crippen LogP) is 2.84. The average molecular weight is 380 g/mol. The van der Waals surface area contributed by atoms with Crippen molar-refractivity contribution in [3.63, 3.8) is 0 Å². The number of piperazine rings is 1. The number of nitrogens with one attached hydrogen (secondary N) is 1. The quantitative estimate of drug-likeness (QED) is 0.709. The van der Waals surface area contributed by atoms with E-state index in [0.29, 0.717) is 5.52 Å². The van der Waals surface area contributed by atoms with Crippen molar-refractivity contribution in [2.45, 2.75) is 13.0 Å². The molecule has 2 heterocycles. The Morgan fingerprint density at radius 2 is 1.93 bits per heavy atom. The summed E-state index contributed by atoms with van der Waals surface area (Å²) >= 11 is 0. The fourth-order valence-electron chi connectivity index (χ4n) is 3.63. The summed E-state index contributed by atoms with van der Waals surface area (Å²) in [5, 5.41) is 12.7. The zero-order valence-electron chi connectivity index (χ0n) is 16.1. The van der Waals surface area contributed by atoms with Gasteiger partial charge >= 0.3 is 5.97 Å². The van der Waals surface area contributed by atoms with E-state index in [1.165, 1.54) is 5.69 Å². The molecule has 1 fully saturated rings. The first-order valence-corrected chi connectivity index (χ1v) is 9.43. The van der Waals surface area contributed by atoms with Crippen LogP contribution in [0.5, 0.6) is 0 Å². The summed E-state index contributed by atoms with van der Waals surface area (Å²) in [6.45, 7) is 5.83. The summed E-state index contributed by atoms with van der Waals surface area (Å²) < 4.78 is 7.59. The zero-order valence-corrected chi connectivity index (χ0v) is 16.1. The molecule has 1 unspecified atom stereocenters. The van der Waals surface area contributed by atoms with Crippen LogP contribution in [0, 0.1) is 0 Å². The third kappa shape index (κ3) is 3.34. The number of carboxylic acids is 1. The molecule has 1 aliphatic rings. The summed E-state index contributed by atoms with van der Waals surface area (Å²) in [7, 11) is 1.65. The van der Waals surface area contributed by atoms with Gasteiger partial charge in [-0.25, -0.2) is 9.78 Å². The molecule has 2 aromatic carbocycles. The highest BCUT2D eigenvalue weighted by atomic mass is 16.5. The molecule has 3 aromatic rings. The molecule has 0 saturated carbocycles.